The third-order valence-corrected chi connectivity index (χ3v) is 7.62. The summed E-state index contributed by atoms with van der Waals surface area (Å²) in [6, 6.07) is 0. The molecule has 0 heterocycles. The molecule has 0 aromatic heterocycles. The normalized spacial score (nSPS) is 15.4. The van der Waals surface area contributed by atoms with Gasteiger partial charge in [0.2, 0.25) is 0 Å². The summed E-state index contributed by atoms with van der Waals surface area (Å²) in [5.74, 6) is 0.289. The van der Waals surface area contributed by atoms with Gasteiger partial charge in [-0.05, 0) is 12.8 Å². The van der Waals surface area contributed by atoms with Crippen LogP contribution < -0.4 is 0 Å². The molecule has 0 aromatic carbocycles. The SMILES string of the molecule is CCCCCCC(=O)SCC(COP(=O)(O)OCC(O)CO)SC(=O)CCCCCC. The Morgan fingerprint density at radius 1 is 0.903 bits per heavy atom. The van der Waals surface area contributed by atoms with Crippen molar-refractivity contribution in [2.75, 3.05) is 25.6 Å². The van der Waals surface area contributed by atoms with Crippen molar-refractivity contribution in [3.8, 4) is 0 Å². The van der Waals surface area contributed by atoms with Gasteiger partial charge in [0.25, 0.3) is 0 Å². The summed E-state index contributed by atoms with van der Waals surface area (Å²) in [4.78, 5) is 34.1. The molecule has 3 atom stereocenters. The zero-order chi connectivity index (χ0) is 23.5. The molecule has 0 aromatic rings. The average molecular weight is 503 g/mol. The fraction of sp³-hybridized carbons (Fsp3) is 0.900. The quantitative estimate of drug-likeness (QED) is 0.164. The van der Waals surface area contributed by atoms with Crippen LogP contribution >= 0.6 is 31.3 Å². The Morgan fingerprint density at radius 3 is 2.00 bits per heavy atom. The largest absolute Gasteiger partial charge is 0.472 e. The van der Waals surface area contributed by atoms with Crippen molar-refractivity contribution in [3.63, 3.8) is 0 Å². The lowest BCUT2D eigenvalue weighted by atomic mass is 10.2. The van der Waals surface area contributed by atoms with Crippen molar-refractivity contribution in [3.05, 3.63) is 0 Å². The number of rotatable bonds is 20. The summed E-state index contributed by atoms with van der Waals surface area (Å²) < 4.78 is 21.6. The topological polar surface area (TPSA) is 130 Å². The molecule has 0 radical (unpaired) electrons. The van der Waals surface area contributed by atoms with Gasteiger partial charge in [-0.25, -0.2) is 4.57 Å². The van der Waals surface area contributed by atoms with Crippen LogP contribution in [-0.4, -0.2) is 62.3 Å². The molecule has 0 aliphatic heterocycles. The standard InChI is InChI=1S/C20H39O8PS2/c1-3-5-7-9-11-19(23)30-16-18(31-20(24)12-10-8-6-4-2)15-28-29(25,26)27-14-17(22)13-21/h17-18,21-22H,3-16H2,1-2H3,(H,25,26). The number of aliphatic hydroxyl groups excluding tert-OH is 2. The van der Waals surface area contributed by atoms with Gasteiger partial charge >= 0.3 is 7.82 Å². The maximum absolute atomic E-state index is 12.3. The minimum atomic E-state index is -4.45. The molecule has 0 fully saturated rings. The van der Waals surface area contributed by atoms with Crippen LogP contribution in [0.4, 0.5) is 0 Å². The van der Waals surface area contributed by atoms with E-state index in [1.807, 2.05) is 0 Å². The number of phosphoric ester groups is 1. The highest BCUT2D eigenvalue weighted by Crippen LogP contribution is 2.44. The van der Waals surface area contributed by atoms with Gasteiger partial charge in [0.15, 0.2) is 10.2 Å². The van der Waals surface area contributed by atoms with Crippen LogP contribution in [0.15, 0.2) is 0 Å². The molecule has 0 amide bonds. The number of aliphatic hydroxyl groups is 2. The highest BCUT2D eigenvalue weighted by atomic mass is 32.2. The molecular formula is C20H39O8PS2. The number of phosphoric acid groups is 1. The number of hydrogen-bond acceptors (Lipinski definition) is 9. The lowest BCUT2D eigenvalue weighted by Gasteiger charge is -2.18. The first-order valence-corrected chi connectivity index (χ1v) is 14.4. The smallest absolute Gasteiger partial charge is 0.394 e. The third-order valence-electron chi connectivity index (χ3n) is 4.26. The Morgan fingerprint density at radius 2 is 1.45 bits per heavy atom. The number of thioether (sulfide) groups is 2. The maximum Gasteiger partial charge on any atom is 0.472 e. The van der Waals surface area contributed by atoms with E-state index in [9.17, 15) is 24.2 Å². The predicted octanol–water partition coefficient (Wildman–Crippen LogP) is 4.30. The third kappa shape index (κ3) is 19.3. The molecule has 0 aliphatic rings. The molecule has 0 saturated heterocycles. The molecule has 3 unspecified atom stereocenters. The van der Waals surface area contributed by atoms with Gasteiger partial charge in [-0.1, -0.05) is 75.9 Å². The van der Waals surface area contributed by atoms with E-state index < -0.39 is 32.4 Å². The fourth-order valence-corrected chi connectivity index (χ4v) is 5.37. The Bertz CT molecular complexity index is 535. The van der Waals surface area contributed by atoms with E-state index in [-0.39, 0.29) is 22.6 Å². The van der Waals surface area contributed by atoms with Crippen LogP contribution in [0.3, 0.4) is 0 Å². The van der Waals surface area contributed by atoms with Gasteiger partial charge < -0.3 is 15.1 Å². The van der Waals surface area contributed by atoms with Crippen LogP contribution in [0.5, 0.6) is 0 Å². The first-order chi connectivity index (χ1) is 14.7. The van der Waals surface area contributed by atoms with Gasteiger partial charge in [0.1, 0.15) is 6.10 Å². The van der Waals surface area contributed by atoms with Crippen molar-refractivity contribution in [2.24, 2.45) is 0 Å². The summed E-state index contributed by atoms with van der Waals surface area (Å²) >= 11 is 2.14. The number of hydrogen-bond donors (Lipinski definition) is 3. The first-order valence-electron chi connectivity index (χ1n) is 11.0. The van der Waals surface area contributed by atoms with Crippen molar-refractivity contribution >= 4 is 41.6 Å². The van der Waals surface area contributed by atoms with E-state index in [2.05, 4.69) is 18.4 Å². The van der Waals surface area contributed by atoms with Crippen LogP contribution in [0.25, 0.3) is 0 Å². The molecule has 0 bridgehead atoms. The van der Waals surface area contributed by atoms with Gasteiger partial charge in [0.05, 0.1) is 19.8 Å². The van der Waals surface area contributed by atoms with E-state index in [0.717, 1.165) is 74.9 Å². The van der Waals surface area contributed by atoms with Gasteiger partial charge in [-0.2, -0.15) is 0 Å². The van der Waals surface area contributed by atoms with E-state index in [1.165, 1.54) is 0 Å². The second-order valence-corrected chi connectivity index (χ2v) is 11.2. The van der Waals surface area contributed by atoms with Crippen molar-refractivity contribution in [2.45, 2.75) is 89.4 Å². The lowest BCUT2D eigenvalue weighted by Crippen LogP contribution is -2.21. The van der Waals surface area contributed by atoms with E-state index in [1.54, 1.807) is 0 Å². The average Bonchev–Trinajstić information content (AvgIpc) is 2.74. The predicted molar refractivity (Wildman–Crippen MR) is 126 cm³/mol. The molecule has 31 heavy (non-hydrogen) atoms. The molecule has 0 aliphatic carbocycles. The number of unbranched alkanes of at least 4 members (excludes halogenated alkanes) is 6. The first kappa shape index (κ1) is 31.1. The highest BCUT2D eigenvalue weighted by molar-refractivity contribution is 8.17. The Balaban J connectivity index is 4.61. The molecule has 184 valence electrons. The van der Waals surface area contributed by atoms with E-state index >= 15 is 0 Å². The highest BCUT2D eigenvalue weighted by Gasteiger charge is 2.26. The summed E-state index contributed by atoms with van der Waals surface area (Å²) in [6.07, 6.45) is 7.51. The number of carbonyl (C=O) groups excluding carboxylic acids is 2. The molecule has 11 heteroatoms. The molecule has 0 saturated carbocycles. The van der Waals surface area contributed by atoms with Crippen molar-refractivity contribution < 1.29 is 38.3 Å². The monoisotopic (exact) mass is 502 g/mol. The Labute approximate surface area is 194 Å². The minimum Gasteiger partial charge on any atom is -0.394 e. The van der Waals surface area contributed by atoms with Crippen LogP contribution in [0.1, 0.15) is 78.1 Å². The molecular weight excluding hydrogens is 463 g/mol. The zero-order valence-corrected chi connectivity index (χ0v) is 21.2. The van der Waals surface area contributed by atoms with Gasteiger partial charge in [0, 0.05) is 23.8 Å². The van der Waals surface area contributed by atoms with Gasteiger partial charge in [-0.3, -0.25) is 18.6 Å². The maximum atomic E-state index is 12.3. The fourth-order valence-electron chi connectivity index (χ4n) is 2.46. The number of carbonyl (C=O) groups is 2. The lowest BCUT2D eigenvalue weighted by molar-refractivity contribution is -0.112. The summed E-state index contributed by atoms with van der Waals surface area (Å²) in [7, 11) is -4.45. The molecule has 8 nitrogen and oxygen atoms in total. The second-order valence-electron chi connectivity index (χ2n) is 7.31. The minimum absolute atomic E-state index is 0.0339. The molecule has 0 rings (SSSR count). The molecule has 3 N–H and O–H groups in total. The second kappa shape index (κ2) is 19.5. The van der Waals surface area contributed by atoms with Crippen LogP contribution in [0.2, 0.25) is 0 Å². The van der Waals surface area contributed by atoms with Gasteiger partial charge in [-0.15, -0.1) is 0 Å². The summed E-state index contributed by atoms with van der Waals surface area (Å²) in [6.45, 7) is 2.79. The summed E-state index contributed by atoms with van der Waals surface area (Å²) in [5, 5.41) is 17.5. The Kier molecular flexibility index (Phi) is 19.6. The zero-order valence-electron chi connectivity index (χ0n) is 18.7. The van der Waals surface area contributed by atoms with E-state index in [0.29, 0.717) is 12.8 Å². The van der Waals surface area contributed by atoms with E-state index in [4.69, 9.17) is 9.63 Å². The Hall–Kier alpha value is 0.0700. The van der Waals surface area contributed by atoms with Crippen molar-refractivity contribution in [1.29, 1.82) is 0 Å². The van der Waals surface area contributed by atoms with Crippen molar-refractivity contribution in [1.82, 2.24) is 0 Å². The summed E-state index contributed by atoms with van der Waals surface area (Å²) in [5.41, 5.74) is 0. The van der Waals surface area contributed by atoms with Crippen LogP contribution in [-0.2, 0) is 23.2 Å². The van der Waals surface area contributed by atoms with Crippen LogP contribution in [0, 0.1) is 0 Å². The molecule has 0 spiro atoms.